The Bertz CT molecular complexity index is 1130. The predicted octanol–water partition coefficient (Wildman–Crippen LogP) is 3.71. The number of carbonyl (C=O) groups excluding carboxylic acids is 2. The van der Waals surface area contributed by atoms with Crippen molar-refractivity contribution in [1.82, 2.24) is 10.2 Å². The molecular formula is C26H37N3O4S. The molecule has 7 nitrogen and oxygen atoms in total. The van der Waals surface area contributed by atoms with Gasteiger partial charge in [-0.25, -0.2) is 8.42 Å². The predicted molar refractivity (Wildman–Crippen MR) is 137 cm³/mol. The van der Waals surface area contributed by atoms with Crippen molar-refractivity contribution < 1.29 is 18.0 Å². The first-order valence-corrected chi connectivity index (χ1v) is 13.4. The Kier molecular flexibility index (Phi) is 9.27. The van der Waals surface area contributed by atoms with Crippen molar-refractivity contribution in [3.8, 4) is 0 Å². The number of rotatable bonds is 10. The minimum Gasteiger partial charge on any atom is -0.352 e. The lowest BCUT2D eigenvalue weighted by Crippen LogP contribution is -2.53. The van der Waals surface area contributed by atoms with E-state index >= 15 is 0 Å². The van der Waals surface area contributed by atoms with Gasteiger partial charge in [-0.1, -0.05) is 48.9 Å². The molecule has 2 rings (SSSR count). The number of nitrogens with one attached hydrogen (secondary N) is 1. The van der Waals surface area contributed by atoms with Crippen LogP contribution >= 0.6 is 0 Å². The second-order valence-electron chi connectivity index (χ2n) is 9.10. The Morgan fingerprint density at radius 1 is 1.00 bits per heavy atom. The van der Waals surface area contributed by atoms with Gasteiger partial charge in [0, 0.05) is 12.6 Å². The first-order valence-electron chi connectivity index (χ1n) is 11.5. The fourth-order valence-electron chi connectivity index (χ4n) is 3.95. The summed E-state index contributed by atoms with van der Waals surface area (Å²) in [5.74, 6) is -0.684. The molecule has 0 radical (unpaired) electrons. The average molecular weight is 488 g/mol. The summed E-state index contributed by atoms with van der Waals surface area (Å²) in [4.78, 5) is 28.2. The van der Waals surface area contributed by atoms with Crippen LogP contribution in [0.5, 0.6) is 0 Å². The van der Waals surface area contributed by atoms with Crippen LogP contribution in [0.3, 0.4) is 0 Å². The van der Waals surface area contributed by atoms with Crippen LogP contribution in [0.2, 0.25) is 0 Å². The third-order valence-electron chi connectivity index (χ3n) is 5.72. The number of carbonyl (C=O) groups is 2. The third kappa shape index (κ3) is 7.06. The van der Waals surface area contributed by atoms with Gasteiger partial charge in [-0.15, -0.1) is 0 Å². The number of benzene rings is 2. The largest absolute Gasteiger partial charge is 0.352 e. The van der Waals surface area contributed by atoms with Crippen LogP contribution in [-0.2, 0) is 26.2 Å². The van der Waals surface area contributed by atoms with E-state index in [1.165, 1.54) is 4.90 Å². The van der Waals surface area contributed by atoms with E-state index in [1.54, 1.807) is 6.07 Å². The Labute approximate surface area is 204 Å². The standard InChI is InChI=1S/C26H37N3O4S/c1-8-23(26(31)27-18(2)3)28(16-22-12-10-9-11-20(22)5)25(30)17-29(34(7,32)33)24-14-13-19(4)15-21(24)6/h9-15,18,23H,8,16-17H2,1-7H3,(H,27,31). The molecule has 8 heteroatoms. The zero-order valence-corrected chi connectivity index (χ0v) is 22.1. The minimum absolute atomic E-state index is 0.0836. The van der Waals surface area contributed by atoms with Crippen molar-refractivity contribution in [3.63, 3.8) is 0 Å². The fraction of sp³-hybridized carbons (Fsp3) is 0.462. The van der Waals surface area contributed by atoms with E-state index in [9.17, 15) is 18.0 Å². The summed E-state index contributed by atoms with van der Waals surface area (Å²) in [6.45, 7) is 11.1. The summed E-state index contributed by atoms with van der Waals surface area (Å²) in [7, 11) is -3.75. The van der Waals surface area contributed by atoms with Gasteiger partial charge in [0.25, 0.3) is 0 Å². The highest BCUT2D eigenvalue weighted by Gasteiger charge is 2.32. The lowest BCUT2D eigenvalue weighted by molar-refractivity contribution is -0.140. The lowest BCUT2D eigenvalue weighted by atomic mass is 10.1. The number of amides is 2. The molecule has 0 saturated heterocycles. The first kappa shape index (κ1) is 27.4. The van der Waals surface area contributed by atoms with Crippen molar-refractivity contribution in [2.75, 3.05) is 17.1 Å². The normalized spacial score (nSPS) is 12.4. The van der Waals surface area contributed by atoms with Crippen LogP contribution in [0.15, 0.2) is 42.5 Å². The zero-order valence-electron chi connectivity index (χ0n) is 21.3. The Hall–Kier alpha value is -2.87. The van der Waals surface area contributed by atoms with E-state index in [2.05, 4.69) is 5.32 Å². The van der Waals surface area contributed by atoms with Gasteiger partial charge in [-0.2, -0.15) is 0 Å². The van der Waals surface area contributed by atoms with Gasteiger partial charge in [0.1, 0.15) is 12.6 Å². The maximum atomic E-state index is 13.7. The van der Waals surface area contributed by atoms with Crippen LogP contribution in [0, 0.1) is 20.8 Å². The van der Waals surface area contributed by atoms with E-state index in [0.717, 1.165) is 32.8 Å². The van der Waals surface area contributed by atoms with E-state index < -0.39 is 22.0 Å². The molecule has 0 fully saturated rings. The second-order valence-corrected chi connectivity index (χ2v) is 11.0. The summed E-state index contributed by atoms with van der Waals surface area (Å²) in [6, 6.07) is 12.3. The number of aryl methyl sites for hydroxylation is 3. The number of hydrogen-bond donors (Lipinski definition) is 1. The summed E-state index contributed by atoms with van der Waals surface area (Å²) in [5.41, 5.74) is 4.11. The maximum Gasteiger partial charge on any atom is 0.244 e. The summed E-state index contributed by atoms with van der Waals surface area (Å²) in [5, 5.41) is 2.90. The Morgan fingerprint density at radius 2 is 1.65 bits per heavy atom. The quantitative estimate of drug-likeness (QED) is 0.554. The highest BCUT2D eigenvalue weighted by atomic mass is 32.2. The van der Waals surface area contributed by atoms with Gasteiger partial charge in [-0.05, 0) is 63.8 Å². The molecule has 34 heavy (non-hydrogen) atoms. The van der Waals surface area contributed by atoms with E-state index in [0.29, 0.717) is 12.1 Å². The molecule has 1 unspecified atom stereocenters. The van der Waals surface area contributed by atoms with Crippen LogP contribution in [0.1, 0.15) is 49.4 Å². The zero-order chi connectivity index (χ0) is 25.6. The van der Waals surface area contributed by atoms with Gasteiger partial charge < -0.3 is 10.2 Å². The minimum atomic E-state index is -3.75. The van der Waals surface area contributed by atoms with Gasteiger partial charge in [0.2, 0.25) is 21.8 Å². The van der Waals surface area contributed by atoms with Crippen LogP contribution in [-0.4, -0.2) is 50.0 Å². The smallest absolute Gasteiger partial charge is 0.244 e. The molecule has 0 aliphatic carbocycles. The lowest BCUT2D eigenvalue weighted by Gasteiger charge is -2.33. The SMILES string of the molecule is CCC(C(=O)NC(C)C)N(Cc1ccccc1C)C(=O)CN(c1ccc(C)cc1C)S(C)(=O)=O. The number of nitrogens with zero attached hydrogens (tertiary/aromatic N) is 2. The molecule has 1 N–H and O–H groups in total. The second kappa shape index (κ2) is 11.5. The Balaban J connectivity index is 2.49. The molecule has 0 bridgehead atoms. The van der Waals surface area contributed by atoms with Crippen molar-refractivity contribution >= 4 is 27.5 Å². The topological polar surface area (TPSA) is 86.8 Å². The molecule has 0 spiro atoms. The summed E-state index contributed by atoms with van der Waals surface area (Å²) >= 11 is 0. The molecule has 2 amide bonds. The molecule has 0 aliphatic heterocycles. The monoisotopic (exact) mass is 487 g/mol. The van der Waals surface area contributed by atoms with Crippen molar-refractivity contribution in [2.24, 2.45) is 0 Å². The van der Waals surface area contributed by atoms with Crippen molar-refractivity contribution in [3.05, 3.63) is 64.7 Å². The fourth-order valence-corrected chi connectivity index (χ4v) is 4.86. The summed E-state index contributed by atoms with van der Waals surface area (Å²) in [6.07, 6.45) is 1.49. The molecule has 186 valence electrons. The molecular weight excluding hydrogens is 450 g/mol. The van der Waals surface area contributed by atoms with E-state index in [4.69, 9.17) is 0 Å². The van der Waals surface area contributed by atoms with E-state index in [-0.39, 0.29) is 25.0 Å². The maximum absolute atomic E-state index is 13.7. The molecule has 0 heterocycles. The molecule has 0 saturated carbocycles. The van der Waals surface area contributed by atoms with Gasteiger partial charge >= 0.3 is 0 Å². The van der Waals surface area contributed by atoms with Gasteiger partial charge in [0.15, 0.2) is 0 Å². The van der Waals surface area contributed by atoms with Crippen LogP contribution in [0.25, 0.3) is 0 Å². The van der Waals surface area contributed by atoms with Gasteiger partial charge in [0.05, 0.1) is 11.9 Å². The van der Waals surface area contributed by atoms with Crippen molar-refractivity contribution in [1.29, 1.82) is 0 Å². The Morgan fingerprint density at radius 3 is 2.18 bits per heavy atom. The van der Waals surface area contributed by atoms with Crippen LogP contribution < -0.4 is 9.62 Å². The number of hydrogen-bond acceptors (Lipinski definition) is 4. The molecule has 0 aromatic heterocycles. The third-order valence-corrected chi connectivity index (χ3v) is 6.85. The van der Waals surface area contributed by atoms with Crippen LogP contribution in [0.4, 0.5) is 5.69 Å². The van der Waals surface area contributed by atoms with Gasteiger partial charge in [-0.3, -0.25) is 13.9 Å². The average Bonchev–Trinajstić information content (AvgIpc) is 2.72. The molecule has 2 aromatic carbocycles. The number of sulfonamides is 1. The molecule has 1 atom stereocenters. The highest BCUT2D eigenvalue weighted by Crippen LogP contribution is 2.24. The number of anilines is 1. The first-order chi connectivity index (χ1) is 15.8. The summed E-state index contributed by atoms with van der Waals surface area (Å²) < 4.78 is 26.6. The van der Waals surface area contributed by atoms with E-state index in [1.807, 2.05) is 77.9 Å². The molecule has 0 aliphatic rings. The molecule has 2 aromatic rings. The van der Waals surface area contributed by atoms with Crippen molar-refractivity contribution in [2.45, 2.75) is 66.6 Å². The highest BCUT2D eigenvalue weighted by molar-refractivity contribution is 7.92.